The van der Waals surface area contributed by atoms with E-state index in [2.05, 4.69) is 58.0 Å². The molecule has 0 amide bonds. The van der Waals surface area contributed by atoms with Crippen LogP contribution < -0.4 is 5.32 Å². The highest BCUT2D eigenvalue weighted by Crippen LogP contribution is 2.22. The van der Waals surface area contributed by atoms with Crippen LogP contribution >= 0.6 is 47.1 Å². The van der Waals surface area contributed by atoms with E-state index in [-0.39, 0.29) is 24.0 Å². The van der Waals surface area contributed by atoms with E-state index in [1.165, 1.54) is 48.8 Å². The molecule has 0 aliphatic carbocycles. The van der Waals surface area contributed by atoms with Crippen LogP contribution in [0.2, 0.25) is 0 Å². The quantitative estimate of drug-likeness (QED) is 0.337. The lowest BCUT2D eigenvalue weighted by Gasteiger charge is -2.35. The molecule has 5 nitrogen and oxygen atoms in total. The average Bonchev–Trinajstić information content (AvgIpc) is 3.11. The van der Waals surface area contributed by atoms with Crippen LogP contribution in [0.15, 0.2) is 10.4 Å². The van der Waals surface area contributed by atoms with E-state index in [0.29, 0.717) is 5.92 Å². The Hall–Kier alpha value is -0.0600. The largest absolute Gasteiger partial charge is 0.357 e. The van der Waals surface area contributed by atoms with E-state index in [1.54, 1.807) is 11.3 Å². The zero-order valence-corrected chi connectivity index (χ0v) is 21.5. The first-order chi connectivity index (χ1) is 13.2. The third-order valence-corrected chi connectivity index (χ3v) is 7.68. The number of piperidine rings is 1. The molecule has 3 rings (SSSR count). The highest BCUT2D eigenvalue weighted by Gasteiger charge is 2.23. The van der Waals surface area contributed by atoms with Crippen LogP contribution in [0.3, 0.4) is 0 Å². The SMILES string of the molecule is CCNC(=NCC1CCN(Cc2csc(C)n2)CC1)N1CCSC(CC)C1.I. The molecule has 0 radical (unpaired) electrons. The molecule has 0 saturated carbocycles. The Balaban J connectivity index is 0.00000280. The van der Waals surface area contributed by atoms with Crippen LogP contribution in [0.4, 0.5) is 0 Å². The molecule has 1 unspecified atom stereocenters. The molecular weight excluding hydrogens is 501 g/mol. The maximum Gasteiger partial charge on any atom is 0.193 e. The van der Waals surface area contributed by atoms with Gasteiger partial charge in [0.25, 0.3) is 0 Å². The van der Waals surface area contributed by atoms with E-state index in [0.717, 1.165) is 43.9 Å². The number of aliphatic imine (C=N–C) groups is 1. The molecule has 8 heteroatoms. The fourth-order valence-corrected chi connectivity index (χ4v) is 5.62. The van der Waals surface area contributed by atoms with Crippen molar-refractivity contribution in [3.63, 3.8) is 0 Å². The van der Waals surface area contributed by atoms with Gasteiger partial charge in [-0.3, -0.25) is 9.89 Å². The van der Waals surface area contributed by atoms with Crippen LogP contribution in [-0.4, -0.2) is 71.0 Å². The summed E-state index contributed by atoms with van der Waals surface area (Å²) in [6.45, 7) is 14.1. The van der Waals surface area contributed by atoms with Gasteiger partial charge in [-0.1, -0.05) is 6.92 Å². The van der Waals surface area contributed by atoms with Gasteiger partial charge >= 0.3 is 0 Å². The summed E-state index contributed by atoms with van der Waals surface area (Å²) in [6, 6.07) is 0. The third-order valence-electron chi connectivity index (χ3n) is 5.49. The van der Waals surface area contributed by atoms with Gasteiger partial charge < -0.3 is 10.2 Å². The smallest absolute Gasteiger partial charge is 0.193 e. The molecule has 0 spiro atoms. The normalized spacial score (nSPS) is 22.2. The van der Waals surface area contributed by atoms with Gasteiger partial charge in [-0.2, -0.15) is 11.8 Å². The summed E-state index contributed by atoms with van der Waals surface area (Å²) in [7, 11) is 0. The number of thioether (sulfide) groups is 1. The van der Waals surface area contributed by atoms with Gasteiger partial charge in [0, 0.05) is 49.1 Å². The van der Waals surface area contributed by atoms with Gasteiger partial charge in [0.1, 0.15) is 0 Å². The lowest BCUT2D eigenvalue weighted by atomic mass is 9.97. The predicted molar refractivity (Wildman–Crippen MR) is 134 cm³/mol. The van der Waals surface area contributed by atoms with Crippen molar-refractivity contribution in [3.8, 4) is 0 Å². The molecule has 0 bridgehead atoms. The van der Waals surface area contributed by atoms with Crippen LogP contribution in [0.25, 0.3) is 0 Å². The number of halogens is 1. The summed E-state index contributed by atoms with van der Waals surface area (Å²) < 4.78 is 0. The number of nitrogens with one attached hydrogen (secondary N) is 1. The number of likely N-dealkylation sites (tertiary alicyclic amines) is 1. The Morgan fingerprint density at radius 2 is 2.07 bits per heavy atom. The Morgan fingerprint density at radius 1 is 1.29 bits per heavy atom. The number of hydrogen-bond acceptors (Lipinski definition) is 5. The second kappa shape index (κ2) is 12.6. The minimum absolute atomic E-state index is 0. The minimum Gasteiger partial charge on any atom is -0.357 e. The average molecular weight is 538 g/mol. The van der Waals surface area contributed by atoms with Crippen LogP contribution in [0.1, 0.15) is 43.8 Å². The molecule has 2 aliphatic rings. The number of thiazole rings is 1. The molecule has 28 heavy (non-hydrogen) atoms. The molecule has 1 aromatic rings. The number of nitrogens with zero attached hydrogens (tertiary/aromatic N) is 4. The predicted octanol–water partition coefficient (Wildman–Crippen LogP) is 4.07. The standard InChI is InChI=1S/C20H35N5S2.HI/c1-4-19-14-25(10-11-26-19)20(21-5-2)22-12-17-6-8-24(9-7-17)13-18-15-27-16(3)23-18;/h15,17,19H,4-14H2,1-3H3,(H,21,22);1H. The molecular formula is C20H36IN5S2. The van der Waals surface area contributed by atoms with Crippen molar-refractivity contribution in [2.75, 3.05) is 45.0 Å². The van der Waals surface area contributed by atoms with Crippen molar-refractivity contribution < 1.29 is 0 Å². The highest BCUT2D eigenvalue weighted by molar-refractivity contribution is 14.0. The Morgan fingerprint density at radius 3 is 2.71 bits per heavy atom. The molecule has 2 saturated heterocycles. The monoisotopic (exact) mass is 537 g/mol. The van der Waals surface area contributed by atoms with Crippen molar-refractivity contribution >= 4 is 53.0 Å². The van der Waals surface area contributed by atoms with Crippen molar-refractivity contribution in [1.82, 2.24) is 20.1 Å². The lowest BCUT2D eigenvalue weighted by Crippen LogP contribution is -2.48. The van der Waals surface area contributed by atoms with Gasteiger partial charge in [0.15, 0.2) is 5.96 Å². The fourth-order valence-electron chi connectivity index (χ4n) is 3.84. The molecule has 0 aromatic carbocycles. The maximum absolute atomic E-state index is 5.03. The topological polar surface area (TPSA) is 43.8 Å². The molecule has 2 aliphatic heterocycles. The van der Waals surface area contributed by atoms with Gasteiger partial charge in [-0.15, -0.1) is 35.3 Å². The van der Waals surface area contributed by atoms with E-state index in [9.17, 15) is 0 Å². The Kier molecular flexibility index (Phi) is 10.9. The fraction of sp³-hybridized carbons (Fsp3) is 0.800. The number of hydrogen-bond donors (Lipinski definition) is 1. The van der Waals surface area contributed by atoms with Crippen molar-refractivity contribution in [1.29, 1.82) is 0 Å². The third kappa shape index (κ3) is 7.32. The molecule has 160 valence electrons. The Labute approximate surface area is 196 Å². The number of rotatable bonds is 6. The van der Waals surface area contributed by atoms with Gasteiger partial charge in [-0.05, 0) is 52.1 Å². The summed E-state index contributed by atoms with van der Waals surface area (Å²) in [5.74, 6) is 3.07. The van der Waals surface area contributed by atoms with E-state index < -0.39 is 0 Å². The summed E-state index contributed by atoms with van der Waals surface area (Å²) in [6.07, 6.45) is 3.75. The number of aromatic nitrogens is 1. The molecule has 3 heterocycles. The van der Waals surface area contributed by atoms with Gasteiger partial charge in [0.05, 0.1) is 10.7 Å². The van der Waals surface area contributed by atoms with Crippen molar-refractivity contribution in [3.05, 3.63) is 16.1 Å². The van der Waals surface area contributed by atoms with Crippen LogP contribution in [0.5, 0.6) is 0 Å². The summed E-state index contributed by atoms with van der Waals surface area (Å²) in [5.41, 5.74) is 1.23. The first-order valence-electron chi connectivity index (χ1n) is 10.5. The second-order valence-corrected chi connectivity index (χ2v) is 10.1. The van der Waals surface area contributed by atoms with Crippen molar-refractivity contribution in [2.24, 2.45) is 10.9 Å². The van der Waals surface area contributed by atoms with Crippen LogP contribution in [-0.2, 0) is 6.54 Å². The first-order valence-corrected chi connectivity index (χ1v) is 12.4. The number of aryl methyl sites for hydroxylation is 1. The molecule has 1 aromatic heterocycles. The van der Waals surface area contributed by atoms with Gasteiger partial charge in [-0.25, -0.2) is 4.98 Å². The summed E-state index contributed by atoms with van der Waals surface area (Å²) >= 11 is 3.87. The van der Waals surface area contributed by atoms with Gasteiger partial charge in [0.2, 0.25) is 0 Å². The molecule has 1 N–H and O–H groups in total. The zero-order valence-electron chi connectivity index (χ0n) is 17.5. The minimum atomic E-state index is 0. The van der Waals surface area contributed by atoms with Crippen molar-refractivity contribution in [2.45, 2.75) is 51.8 Å². The summed E-state index contributed by atoms with van der Waals surface area (Å²) in [4.78, 5) is 14.7. The highest BCUT2D eigenvalue weighted by atomic mass is 127. The zero-order chi connectivity index (χ0) is 19.1. The maximum atomic E-state index is 5.03. The lowest BCUT2D eigenvalue weighted by molar-refractivity contribution is 0.179. The van der Waals surface area contributed by atoms with E-state index in [1.807, 2.05) is 0 Å². The van der Waals surface area contributed by atoms with Crippen LogP contribution in [0, 0.1) is 12.8 Å². The first kappa shape index (κ1) is 24.2. The number of guanidine groups is 1. The Bertz CT molecular complexity index is 601. The van der Waals surface area contributed by atoms with E-state index >= 15 is 0 Å². The van der Waals surface area contributed by atoms with E-state index in [4.69, 9.17) is 4.99 Å². The summed E-state index contributed by atoms with van der Waals surface area (Å²) in [5, 5.41) is 7.66. The molecule has 1 atom stereocenters. The molecule has 2 fully saturated rings. The second-order valence-electron chi connectivity index (χ2n) is 7.62.